The summed E-state index contributed by atoms with van der Waals surface area (Å²) in [7, 11) is 0. The Morgan fingerprint density at radius 3 is 1.73 bits per heavy atom. The second-order valence-electron chi connectivity index (χ2n) is 1.57. The van der Waals surface area contributed by atoms with Crippen LogP contribution in [0.25, 0.3) is 0 Å². The fourth-order valence-corrected chi connectivity index (χ4v) is 0.418. The molecule has 0 spiro atoms. The zero-order chi connectivity index (χ0) is 8.69. The monoisotopic (exact) mass is 161 g/mol. The molecule has 1 N–H and O–H groups in total. The highest BCUT2D eigenvalue weighted by Crippen LogP contribution is 1.79. The minimum atomic E-state index is -0.786. The number of carbonyl (C=O) groups is 2. The standard InChI is InChI=1S/C6H11NO4/c1-3-10-5(8)7-6(9)11-4-2/h3-4H2,1-2H3,(H,7,8,9). The van der Waals surface area contributed by atoms with Crippen molar-refractivity contribution in [3.8, 4) is 0 Å². The van der Waals surface area contributed by atoms with Crippen molar-refractivity contribution >= 4 is 12.2 Å². The summed E-state index contributed by atoms with van der Waals surface area (Å²) < 4.78 is 8.82. The molecule has 0 rings (SSSR count). The molecule has 0 aromatic rings. The normalized spacial score (nSPS) is 8.55. The van der Waals surface area contributed by atoms with Gasteiger partial charge in [-0.05, 0) is 13.8 Å². The molecule has 0 saturated heterocycles. The highest BCUT2D eigenvalue weighted by molar-refractivity contribution is 5.87. The predicted octanol–water partition coefficient (Wildman–Crippen LogP) is 0.889. The third-order valence-electron chi connectivity index (χ3n) is 0.755. The quantitative estimate of drug-likeness (QED) is 0.653. The number of hydrogen-bond acceptors (Lipinski definition) is 4. The fraction of sp³-hybridized carbons (Fsp3) is 0.667. The lowest BCUT2D eigenvalue weighted by molar-refractivity contribution is 0.130. The molecule has 0 bridgehead atoms. The second kappa shape index (κ2) is 5.52. The maximum Gasteiger partial charge on any atom is 0.416 e. The summed E-state index contributed by atoms with van der Waals surface area (Å²) in [6.45, 7) is 3.74. The van der Waals surface area contributed by atoms with E-state index < -0.39 is 12.2 Å². The maximum absolute atomic E-state index is 10.5. The molecule has 2 amide bonds. The third kappa shape index (κ3) is 5.20. The molecule has 0 aliphatic rings. The number of alkyl carbamates (subject to hydrolysis) is 2. The molecule has 11 heavy (non-hydrogen) atoms. The van der Waals surface area contributed by atoms with E-state index >= 15 is 0 Å². The van der Waals surface area contributed by atoms with Crippen LogP contribution in [0.3, 0.4) is 0 Å². The minimum absolute atomic E-state index is 0.227. The van der Waals surface area contributed by atoms with Crippen LogP contribution in [-0.4, -0.2) is 25.4 Å². The number of imide groups is 1. The van der Waals surface area contributed by atoms with Gasteiger partial charge in [0.05, 0.1) is 13.2 Å². The van der Waals surface area contributed by atoms with E-state index in [9.17, 15) is 9.59 Å². The first-order valence-corrected chi connectivity index (χ1v) is 3.31. The molecule has 0 aliphatic carbocycles. The van der Waals surface area contributed by atoms with Gasteiger partial charge < -0.3 is 9.47 Å². The van der Waals surface area contributed by atoms with Gasteiger partial charge in [0.2, 0.25) is 0 Å². The lowest BCUT2D eigenvalue weighted by Crippen LogP contribution is -2.31. The third-order valence-corrected chi connectivity index (χ3v) is 0.755. The molecule has 0 radical (unpaired) electrons. The van der Waals surface area contributed by atoms with Crippen molar-refractivity contribution < 1.29 is 19.1 Å². The van der Waals surface area contributed by atoms with Crippen LogP contribution in [0.2, 0.25) is 0 Å². The Labute approximate surface area is 64.7 Å². The van der Waals surface area contributed by atoms with Gasteiger partial charge in [0.15, 0.2) is 0 Å². The van der Waals surface area contributed by atoms with E-state index in [1.54, 1.807) is 13.8 Å². The average molecular weight is 161 g/mol. The molecule has 5 heteroatoms. The Balaban J connectivity index is 3.49. The first-order chi connectivity index (χ1) is 5.20. The fourth-order valence-electron chi connectivity index (χ4n) is 0.418. The topological polar surface area (TPSA) is 64.6 Å². The summed E-state index contributed by atoms with van der Waals surface area (Å²) in [5, 5.41) is 1.86. The van der Waals surface area contributed by atoms with E-state index in [0.29, 0.717) is 0 Å². The van der Waals surface area contributed by atoms with Crippen molar-refractivity contribution in [1.29, 1.82) is 0 Å². The Morgan fingerprint density at radius 1 is 1.09 bits per heavy atom. The van der Waals surface area contributed by atoms with Gasteiger partial charge in [0.1, 0.15) is 0 Å². The zero-order valence-electron chi connectivity index (χ0n) is 6.55. The van der Waals surface area contributed by atoms with E-state index in [4.69, 9.17) is 0 Å². The van der Waals surface area contributed by atoms with Crippen molar-refractivity contribution in [1.82, 2.24) is 5.32 Å². The van der Waals surface area contributed by atoms with Gasteiger partial charge >= 0.3 is 12.2 Å². The molecule has 5 nitrogen and oxygen atoms in total. The van der Waals surface area contributed by atoms with Crippen LogP contribution in [0.1, 0.15) is 13.8 Å². The van der Waals surface area contributed by atoms with E-state index in [2.05, 4.69) is 9.47 Å². The van der Waals surface area contributed by atoms with Crippen molar-refractivity contribution in [2.75, 3.05) is 13.2 Å². The predicted molar refractivity (Wildman–Crippen MR) is 37.2 cm³/mol. The number of rotatable bonds is 2. The first-order valence-electron chi connectivity index (χ1n) is 3.31. The lowest BCUT2D eigenvalue weighted by atomic mass is 10.8. The molecule has 0 aromatic heterocycles. The Morgan fingerprint density at radius 2 is 1.45 bits per heavy atom. The number of amides is 2. The summed E-state index contributed by atoms with van der Waals surface area (Å²) >= 11 is 0. The minimum Gasteiger partial charge on any atom is -0.449 e. The summed E-state index contributed by atoms with van der Waals surface area (Å²) in [5.41, 5.74) is 0. The Bertz CT molecular complexity index is 130. The van der Waals surface area contributed by atoms with Crippen LogP contribution in [0, 0.1) is 0 Å². The van der Waals surface area contributed by atoms with Crippen molar-refractivity contribution in [3.63, 3.8) is 0 Å². The Kier molecular flexibility index (Phi) is 4.89. The molecule has 0 saturated carbocycles. The van der Waals surface area contributed by atoms with Crippen LogP contribution < -0.4 is 5.32 Å². The van der Waals surface area contributed by atoms with E-state index in [1.807, 2.05) is 5.32 Å². The highest BCUT2D eigenvalue weighted by Gasteiger charge is 2.06. The molecule has 0 unspecified atom stereocenters. The van der Waals surface area contributed by atoms with Gasteiger partial charge in [-0.25, -0.2) is 14.9 Å². The van der Waals surface area contributed by atoms with Crippen molar-refractivity contribution in [3.05, 3.63) is 0 Å². The van der Waals surface area contributed by atoms with Crippen LogP contribution in [0.15, 0.2) is 0 Å². The second-order valence-corrected chi connectivity index (χ2v) is 1.57. The van der Waals surface area contributed by atoms with Crippen molar-refractivity contribution in [2.24, 2.45) is 0 Å². The molecule has 64 valence electrons. The molecule has 0 fully saturated rings. The van der Waals surface area contributed by atoms with Gasteiger partial charge in [0, 0.05) is 0 Å². The van der Waals surface area contributed by atoms with Crippen LogP contribution >= 0.6 is 0 Å². The van der Waals surface area contributed by atoms with E-state index in [-0.39, 0.29) is 13.2 Å². The highest BCUT2D eigenvalue weighted by atomic mass is 16.6. The van der Waals surface area contributed by atoms with Gasteiger partial charge in [-0.2, -0.15) is 0 Å². The first kappa shape index (κ1) is 9.74. The summed E-state index contributed by atoms with van der Waals surface area (Å²) in [6, 6.07) is 0. The number of carbonyl (C=O) groups excluding carboxylic acids is 2. The summed E-state index contributed by atoms with van der Waals surface area (Å²) in [6.07, 6.45) is -1.57. The summed E-state index contributed by atoms with van der Waals surface area (Å²) in [4.78, 5) is 21.0. The SMILES string of the molecule is CCOC(=O)NC(=O)OCC. The zero-order valence-corrected chi connectivity index (χ0v) is 6.55. The van der Waals surface area contributed by atoms with Gasteiger partial charge in [0.25, 0.3) is 0 Å². The Hall–Kier alpha value is -1.26. The van der Waals surface area contributed by atoms with Crippen LogP contribution in [0.4, 0.5) is 9.59 Å². The molecule has 0 aromatic carbocycles. The molecule has 0 atom stereocenters. The maximum atomic E-state index is 10.5. The van der Waals surface area contributed by atoms with Gasteiger partial charge in [-0.1, -0.05) is 0 Å². The number of nitrogens with one attached hydrogen (secondary N) is 1. The van der Waals surface area contributed by atoms with Gasteiger partial charge in [-0.3, -0.25) is 0 Å². The van der Waals surface area contributed by atoms with Crippen LogP contribution in [0.5, 0.6) is 0 Å². The molecular formula is C6H11NO4. The molecular weight excluding hydrogens is 150 g/mol. The van der Waals surface area contributed by atoms with E-state index in [0.717, 1.165) is 0 Å². The van der Waals surface area contributed by atoms with E-state index in [1.165, 1.54) is 0 Å². The average Bonchev–Trinajstić information content (AvgIpc) is 1.87. The van der Waals surface area contributed by atoms with Crippen LogP contribution in [-0.2, 0) is 9.47 Å². The lowest BCUT2D eigenvalue weighted by Gasteiger charge is -2.02. The smallest absolute Gasteiger partial charge is 0.416 e. The largest absolute Gasteiger partial charge is 0.449 e. The molecule has 0 heterocycles. The summed E-state index contributed by atoms with van der Waals surface area (Å²) in [5.74, 6) is 0. The van der Waals surface area contributed by atoms with Gasteiger partial charge in [-0.15, -0.1) is 0 Å². The number of hydrogen-bond donors (Lipinski definition) is 1. The molecule has 0 aliphatic heterocycles. The van der Waals surface area contributed by atoms with Crippen molar-refractivity contribution in [2.45, 2.75) is 13.8 Å². The number of ether oxygens (including phenoxy) is 2.